The Kier molecular flexibility index (Phi) is 4.52. The third-order valence-electron chi connectivity index (χ3n) is 2.47. The normalized spacial score (nSPS) is 12.7. The molecule has 0 saturated carbocycles. The maximum absolute atomic E-state index is 12.2. The van der Waals surface area contributed by atoms with Crippen molar-refractivity contribution in [2.24, 2.45) is 0 Å². The first kappa shape index (κ1) is 15.0. The summed E-state index contributed by atoms with van der Waals surface area (Å²) in [6.45, 7) is 1.62. The fourth-order valence-electron chi connectivity index (χ4n) is 1.51. The van der Waals surface area contributed by atoms with E-state index in [1.807, 2.05) is 0 Å². The van der Waals surface area contributed by atoms with E-state index >= 15 is 0 Å². The van der Waals surface area contributed by atoms with Gasteiger partial charge in [-0.1, -0.05) is 24.3 Å². The van der Waals surface area contributed by atoms with Crippen LogP contribution in [0.5, 0.6) is 0 Å². The van der Waals surface area contributed by atoms with Gasteiger partial charge in [-0.3, -0.25) is 4.79 Å². The van der Waals surface area contributed by atoms with Crippen molar-refractivity contribution in [3.8, 4) is 0 Å². The summed E-state index contributed by atoms with van der Waals surface area (Å²) in [5.74, 6) is -3.15. The molecular weight excluding hydrogens is 263 g/mol. The van der Waals surface area contributed by atoms with Crippen LogP contribution < -0.4 is 5.32 Å². The van der Waals surface area contributed by atoms with E-state index in [-0.39, 0.29) is 5.56 Å². The molecule has 1 aromatic carbocycles. The van der Waals surface area contributed by atoms with Crippen molar-refractivity contribution >= 4 is 11.9 Å². The van der Waals surface area contributed by atoms with Crippen LogP contribution in [-0.2, 0) is 14.3 Å². The Morgan fingerprint density at radius 3 is 2.32 bits per heavy atom. The van der Waals surface area contributed by atoms with Crippen molar-refractivity contribution < 1.29 is 27.5 Å². The molecule has 0 spiro atoms. The number of aryl methyl sites for hydroxylation is 1. The number of halogens is 3. The molecule has 1 aromatic rings. The van der Waals surface area contributed by atoms with Gasteiger partial charge in [-0.15, -0.1) is 0 Å². The molecule has 0 heterocycles. The molecule has 1 N–H and O–H groups in total. The number of nitrogens with one attached hydrogen (secondary N) is 1. The average Bonchev–Trinajstić information content (AvgIpc) is 2.34. The summed E-state index contributed by atoms with van der Waals surface area (Å²) >= 11 is 0. The molecule has 104 valence electrons. The lowest BCUT2D eigenvalue weighted by Gasteiger charge is -2.19. The van der Waals surface area contributed by atoms with Crippen LogP contribution in [0, 0.1) is 6.92 Å². The Hall–Kier alpha value is -2.05. The summed E-state index contributed by atoms with van der Waals surface area (Å²) in [6.07, 6.45) is -5.06. The van der Waals surface area contributed by atoms with Crippen LogP contribution in [0.25, 0.3) is 0 Å². The van der Waals surface area contributed by atoms with E-state index in [4.69, 9.17) is 0 Å². The molecule has 1 unspecified atom stereocenters. The second-order valence-corrected chi connectivity index (χ2v) is 3.78. The number of ether oxygens (including phenoxy) is 1. The highest BCUT2D eigenvalue weighted by Gasteiger charge is 2.41. The molecule has 1 amide bonds. The van der Waals surface area contributed by atoms with E-state index in [2.05, 4.69) is 4.74 Å². The number of esters is 1. The van der Waals surface area contributed by atoms with Crippen molar-refractivity contribution in [1.82, 2.24) is 5.32 Å². The number of methoxy groups -OCH3 is 1. The summed E-state index contributed by atoms with van der Waals surface area (Å²) in [6, 6.07) is 4.80. The van der Waals surface area contributed by atoms with Crippen LogP contribution in [0.3, 0.4) is 0 Å². The van der Waals surface area contributed by atoms with Crippen LogP contribution in [-0.4, -0.2) is 25.2 Å². The second-order valence-electron chi connectivity index (χ2n) is 3.78. The number of amides is 1. The number of hydrogen-bond donors (Lipinski definition) is 1. The topological polar surface area (TPSA) is 55.4 Å². The third-order valence-corrected chi connectivity index (χ3v) is 2.47. The summed E-state index contributed by atoms with van der Waals surface area (Å²) in [5.41, 5.74) is 0.826. The Morgan fingerprint density at radius 2 is 1.84 bits per heavy atom. The van der Waals surface area contributed by atoms with Gasteiger partial charge in [0, 0.05) is 0 Å². The van der Waals surface area contributed by atoms with Gasteiger partial charge in [0.2, 0.25) is 0 Å². The minimum Gasteiger partial charge on any atom is -0.467 e. The molecule has 1 rings (SSSR count). The van der Waals surface area contributed by atoms with Crippen LogP contribution >= 0.6 is 0 Å². The maximum Gasteiger partial charge on any atom is 0.471 e. The van der Waals surface area contributed by atoms with Gasteiger partial charge >= 0.3 is 18.1 Å². The maximum atomic E-state index is 12.2. The summed E-state index contributed by atoms with van der Waals surface area (Å²) in [4.78, 5) is 22.5. The van der Waals surface area contributed by atoms with Gasteiger partial charge in [0.25, 0.3) is 0 Å². The molecule has 0 aliphatic heterocycles. The summed E-state index contributed by atoms with van der Waals surface area (Å²) in [7, 11) is 1.04. The number of alkyl halides is 3. The van der Waals surface area contributed by atoms with E-state index in [1.54, 1.807) is 30.4 Å². The number of carbonyl (C=O) groups is 2. The predicted molar refractivity (Wildman–Crippen MR) is 60.1 cm³/mol. The Labute approximate surface area is 107 Å². The first-order valence-corrected chi connectivity index (χ1v) is 5.28. The predicted octanol–water partition coefficient (Wildman–Crippen LogP) is 1.89. The van der Waals surface area contributed by atoms with Gasteiger partial charge < -0.3 is 10.1 Å². The third kappa shape index (κ3) is 3.70. The monoisotopic (exact) mass is 275 g/mol. The van der Waals surface area contributed by atoms with Crippen molar-refractivity contribution in [3.05, 3.63) is 35.4 Å². The Balaban J connectivity index is 3.07. The molecule has 1 atom stereocenters. The molecule has 0 saturated heterocycles. The van der Waals surface area contributed by atoms with Gasteiger partial charge in [-0.2, -0.15) is 13.2 Å². The number of rotatable bonds is 3. The smallest absolute Gasteiger partial charge is 0.467 e. The molecule has 0 radical (unpaired) electrons. The highest BCUT2D eigenvalue weighted by Crippen LogP contribution is 2.22. The van der Waals surface area contributed by atoms with E-state index in [9.17, 15) is 22.8 Å². The summed E-state index contributed by atoms with van der Waals surface area (Å²) < 4.78 is 41.1. The van der Waals surface area contributed by atoms with Gasteiger partial charge in [0.1, 0.15) is 0 Å². The van der Waals surface area contributed by atoms with Gasteiger partial charge in [-0.05, 0) is 18.1 Å². The lowest BCUT2D eigenvalue weighted by atomic mass is 10.0. The SMILES string of the molecule is COC(=O)C(NC(=O)C(F)(F)F)c1ccccc1C. The van der Waals surface area contributed by atoms with Crippen LogP contribution in [0.15, 0.2) is 24.3 Å². The fourth-order valence-corrected chi connectivity index (χ4v) is 1.51. The summed E-state index contributed by atoms with van der Waals surface area (Å²) in [5, 5.41) is 1.63. The van der Waals surface area contributed by atoms with E-state index < -0.39 is 24.1 Å². The van der Waals surface area contributed by atoms with Crippen molar-refractivity contribution in [2.75, 3.05) is 7.11 Å². The molecule has 4 nitrogen and oxygen atoms in total. The number of carbonyl (C=O) groups excluding carboxylic acids is 2. The van der Waals surface area contributed by atoms with Crippen molar-refractivity contribution in [3.63, 3.8) is 0 Å². The van der Waals surface area contributed by atoms with Crippen molar-refractivity contribution in [1.29, 1.82) is 0 Å². The quantitative estimate of drug-likeness (QED) is 0.857. The number of hydrogen-bond acceptors (Lipinski definition) is 3. The zero-order chi connectivity index (χ0) is 14.6. The first-order valence-electron chi connectivity index (χ1n) is 5.28. The molecule has 0 aliphatic rings. The largest absolute Gasteiger partial charge is 0.471 e. The molecule has 0 bridgehead atoms. The lowest BCUT2D eigenvalue weighted by Crippen LogP contribution is -2.42. The molecular formula is C12H12F3NO3. The number of benzene rings is 1. The minimum absolute atomic E-state index is 0.256. The van der Waals surface area contributed by atoms with E-state index in [0.29, 0.717) is 5.56 Å². The van der Waals surface area contributed by atoms with Crippen molar-refractivity contribution in [2.45, 2.75) is 19.1 Å². The zero-order valence-corrected chi connectivity index (χ0v) is 10.2. The standard InChI is InChI=1S/C12H12F3NO3/c1-7-5-3-4-6-8(7)9(10(17)19-2)16-11(18)12(13,14)15/h3-6,9H,1-2H3,(H,16,18). The Bertz CT molecular complexity index is 485. The van der Waals surface area contributed by atoms with Gasteiger partial charge in [-0.25, -0.2) is 4.79 Å². The molecule has 0 aliphatic carbocycles. The lowest BCUT2D eigenvalue weighted by molar-refractivity contribution is -0.175. The molecule has 0 aromatic heterocycles. The molecule has 7 heteroatoms. The van der Waals surface area contributed by atoms with Gasteiger partial charge in [0.15, 0.2) is 6.04 Å². The molecule has 0 fully saturated rings. The average molecular weight is 275 g/mol. The van der Waals surface area contributed by atoms with E-state index in [1.165, 1.54) is 6.07 Å². The van der Waals surface area contributed by atoms with Crippen LogP contribution in [0.1, 0.15) is 17.2 Å². The van der Waals surface area contributed by atoms with Crippen LogP contribution in [0.4, 0.5) is 13.2 Å². The highest BCUT2D eigenvalue weighted by molar-refractivity contribution is 5.88. The van der Waals surface area contributed by atoms with Crippen LogP contribution in [0.2, 0.25) is 0 Å². The second kappa shape index (κ2) is 5.73. The van der Waals surface area contributed by atoms with Gasteiger partial charge in [0.05, 0.1) is 7.11 Å². The molecule has 19 heavy (non-hydrogen) atoms. The highest BCUT2D eigenvalue weighted by atomic mass is 19.4. The minimum atomic E-state index is -5.06. The van der Waals surface area contributed by atoms with E-state index in [0.717, 1.165) is 7.11 Å². The first-order chi connectivity index (χ1) is 8.77. The zero-order valence-electron chi connectivity index (χ0n) is 10.2. The Morgan fingerprint density at radius 1 is 1.26 bits per heavy atom. The fraction of sp³-hybridized carbons (Fsp3) is 0.333.